The molecule has 19 heavy (non-hydrogen) atoms. The SMILES string of the molecule is CCNCc1cn(C(C)C(=O)NC(=O)NCC)nn1. The number of nitrogens with one attached hydrogen (secondary N) is 3. The Morgan fingerprint density at radius 1 is 1.37 bits per heavy atom. The molecule has 1 aromatic rings. The first-order valence-electron chi connectivity index (χ1n) is 6.28. The number of hydrogen-bond donors (Lipinski definition) is 3. The van der Waals surface area contributed by atoms with Crippen molar-refractivity contribution in [1.82, 2.24) is 30.9 Å². The minimum Gasteiger partial charge on any atom is -0.338 e. The summed E-state index contributed by atoms with van der Waals surface area (Å²) in [5.41, 5.74) is 0.750. The van der Waals surface area contributed by atoms with Crippen molar-refractivity contribution in [3.8, 4) is 0 Å². The molecule has 0 saturated heterocycles. The molecule has 3 amide bonds. The Morgan fingerprint density at radius 2 is 2.11 bits per heavy atom. The van der Waals surface area contributed by atoms with Gasteiger partial charge in [-0.1, -0.05) is 12.1 Å². The highest BCUT2D eigenvalue weighted by atomic mass is 16.2. The fraction of sp³-hybridized carbons (Fsp3) is 0.636. The van der Waals surface area contributed by atoms with Crippen molar-refractivity contribution >= 4 is 11.9 Å². The Kier molecular flexibility index (Phi) is 5.94. The monoisotopic (exact) mass is 268 g/mol. The summed E-state index contributed by atoms with van der Waals surface area (Å²) in [6, 6.07) is -1.10. The third-order valence-corrected chi connectivity index (χ3v) is 2.46. The van der Waals surface area contributed by atoms with E-state index in [1.807, 2.05) is 6.92 Å². The second kappa shape index (κ2) is 7.47. The van der Waals surface area contributed by atoms with Crippen LogP contribution in [0.5, 0.6) is 0 Å². The minimum absolute atomic E-state index is 0.425. The fourth-order valence-corrected chi connectivity index (χ4v) is 1.38. The average molecular weight is 268 g/mol. The number of aromatic nitrogens is 3. The smallest absolute Gasteiger partial charge is 0.321 e. The summed E-state index contributed by atoms with van der Waals surface area (Å²) in [5.74, 6) is -0.425. The first kappa shape index (κ1) is 15.1. The van der Waals surface area contributed by atoms with Crippen LogP contribution in [0.1, 0.15) is 32.5 Å². The molecule has 106 valence electrons. The van der Waals surface area contributed by atoms with Gasteiger partial charge in [-0.25, -0.2) is 9.48 Å². The van der Waals surface area contributed by atoms with E-state index in [1.54, 1.807) is 20.0 Å². The van der Waals surface area contributed by atoms with Crippen LogP contribution in [0.2, 0.25) is 0 Å². The number of amides is 3. The number of nitrogens with zero attached hydrogens (tertiary/aromatic N) is 3. The van der Waals surface area contributed by atoms with Gasteiger partial charge in [0.15, 0.2) is 0 Å². The zero-order valence-electron chi connectivity index (χ0n) is 11.4. The number of rotatable bonds is 6. The first-order chi connectivity index (χ1) is 9.08. The van der Waals surface area contributed by atoms with Gasteiger partial charge in [-0.15, -0.1) is 5.10 Å². The summed E-state index contributed by atoms with van der Waals surface area (Å²) in [6.07, 6.45) is 1.69. The van der Waals surface area contributed by atoms with Gasteiger partial charge in [0.1, 0.15) is 6.04 Å². The molecule has 1 atom stereocenters. The molecule has 3 N–H and O–H groups in total. The van der Waals surface area contributed by atoms with E-state index < -0.39 is 18.0 Å². The van der Waals surface area contributed by atoms with E-state index >= 15 is 0 Å². The zero-order valence-corrected chi connectivity index (χ0v) is 11.4. The van der Waals surface area contributed by atoms with Crippen LogP contribution in [0.3, 0.4) is 0 Å². The predicted molar refractivity (Wildman–Crippen MR) is 69.3 cm³/mol. The summed E-state index contributed by atoms with van der Waals surface area (Å²) < 4.78 is 1.43. The lowest BCUT2D eigenvalue weighted by atomic mass is 10.3. The van der Waals surface area contributed by atoms with Gasteiger partial charge in [-0.05, 0) is 20.4 Å². The number of imide groups is 1. The minimum atomic E-state index is -0.592. The van der Waals surface area contributed by atoms with Crippen LogP contribution in [0.4, 0.5) is 4.79 Å². The van der Waals surface area contributed by atoms with Crippen LogP contribution in [-0.4, -0.2) is 40.0 Å². The molecule has 0 aliphatic carbocycles. The lowest BCUT2D eigenvalue weighted by molar-refractivity contribution is -0.123. The number of hydrogen-bond acceptors (Lipinski definition) is 5. The maximum absolute atomic E-state index is 11.8. The van der Waals surface area contributed by atoms with Crippen LogP contribution in [0.15, 0.2) is 6.20 Å². The highest BCUT2D eigenvalue weighted by Gasteiger charge is 2.18. The average Bonchev–Trinajstić information content (AvgIpc) is 2.84. The third kappa shape index (κ3) is 4.66. The standard InChI is InChI=1S/C11H20N6O2/c1-4-12-6-9-7-17(16-15-9)8(3)10(18)14-11(19)13-5-2/h7-8,12H,4-6H2,1-3H3,(H2,13,14,18,19). The summed E-state index contributed by atoms with van der Waals surface area (Å²) in [6.45, 7) is 7.32. The largest absolute Gasteiger partial charge is 0.338 e. The maximum Gasteiger partial charge on any atom is 0.321 e. The molecular formula is C11H20N6O2. The second-order valence-corrected chi connectivity index (χ2v) is 3.99. The highest BCUT2D eigenvalue weighted by molar-refractivity contribution is 5.95. The Balaban J connectivity index is 2.56. The van der Waals surface area contributed by atoms with Crippen molar-refractivity contribution in [2.45, 2.75) is 33.4 Å². The molecule has 1 aromatic heterocycles. The van der Waals surface area contributed by atoms with E-state index in [0.717, 1.165) is 12.2 Å². The number of carbonyl (C=O) groups is 2. The lowest BCUT2D eigenvalue weighted by Crippen LogP contribution is -2.42. The molecule has 0 bridgehead atoms. The van der Waals surface area contributed by atoms with E-state index in [-0.39, 0.29) is 0 Å². The van der Waals surface area contributed by atoms with Crippen molar-refractivity contribution in [2.24, 2.45) is 0 Å². The number of urea groups is 1. The van der Waals surface area contributed by atoms with E-state index in [0.29, 0.717) is 13.1 Å². The van der Waals surface area contributed by atoms with Crippen LogP contribution >= 0.6 is 0 Å². The van der Waals surface area contributed by atoms with Crippen LogP contribution < -0.4 is 16.0 Å². The van der Waals surface area contributed by atoms with Crippen molar-refractivity contribution in [3.63, 3.8) is 0 Å². The molecule has 0 aromatic carbocycles. The Labute approximate surface area is 111 Å². The van der Waals surface area contributed by atoms with E-state index in [4.69, 9.17) is 0 Å². The van der Waals surface area contributed by atoms with Gasteiger partial charge in [0.2, 0.25) is 0 Å². The molecule has 0 fully saturated rings. The van der Waals surface area contributed by atoms with Gasteiger partial charge in [-0.3, -0.25) is 10.1 Å². The van der Waals surface area contributed by atoms with E-state index in [9.17, 15) is 9.59 Å². The summed E-state index contributed by atoms with van der Waals surface area (Å²) >= 11 is 0. The van der Waals surface area contributed by atoms with Crippen LogP contribution in [0, 0.1) is 0 Å². The van der Waals surface area contributed by atoms with Gasteiger partial charge in [-0.2, -0.15) is 0 Å². The van der Waals surface area contributed by atoms with E-state index in [1.165, 1.54) is 4.68 Å². The van der Waals surface area contributed by atoms with Gasteiger partial charge >= 0.3 is 6.03 Å². The summed E-state index contributed by atoms with van der Waals surface area (Å²) in [5, 5.41) is 15.7. The first-order valence-corrected chi connectivity index (χ1v) is 6.28. The molecule has 0 aliphatic heterocycles. The van der Waals surface area contributed by atoms with Gasteiger partial charge in [0, 0.05) is 13.1 Å². The Hall–Kier alpha value is -1.96. The molecule has 1 rings (SSSR count). The maximum atomic E-state index is 11.8. The molecule has 0 radical (unpaired) electrons. The predicted octanol–water partition coefficient (Wildman–Crippen LogP) is -0.206. The molecule has 1 unspecified atom stereocenters. The molecular weight excluding hydrogens is 248 g/mol. The second-order valence-electron chi connectivity index (χ2n) is 3.99. The molecule has 0 aliphatic rings. The highest BCUT2D eigenvalue weighted by Crippen LogP contribution is 2.04. The zero-order chi connectivity index (χ0) is 14.3. The van der Waals surface area contributed by atoms with Gasteiger partial charge < -0.3 is 10.6 Å². The fourth-order valence-electron chi connectivity index (χ4n) is 1.38. The molecule has 8 heteroatoms. The Bertz CT molecular complexity index is 431. The molecule has 0 spiro atoms. The van der Waals surface area contributed by atoms with Crippen molar-refractivity contribution in [2.75, 3.05) is 13.1 Å². The van der Waals surface area contributed by atoms with E-state index in [2.05, 4.69) is 26.3 Å². The van der Waals surface area contributed by atoms with Gasteiger partial charge in [0.05, 0.1) is 11.9 Å². The molecule has 0 saturated carbocycles. The Morgan fingerprint density at radius 3 is 2.74 bits per heavy atom. The lowest BCUT2D eigenvalue weighted by Gasteiger charge is -2.11. The van der Waals surface area contributed by atoms with Gasteiger partial charge in [0.25, 0.3) is 5.91 Å². The molecule has 8 nitrogen and oxygen atoms in total. The quantitative estimate of drug-likeness (QED) is 0.663. The summed E-state index contributed by atoms with van der Waals surface area (Å²) in [7, 11) is 0. The van der Waals surface area contributed by atoms with Crippen molar-refractivity contribution in [3.05, 3.63) is 11.9 Å². The molecule has 1 heterocycles. The van der Waals surface area contributed by atoms with Crippen molar-refractivity contribution in [1.29, 1.82) is 0 Å². The third-order valence-electron chi connectivity index (χ3n) is 2.46. The summed E-state index contributed by atoms with van der Waals surface area (Å²) in [4.78, 5) is 23.0. The van der Waals surface area contributed by atoms with Crippen molar-refractivity contribution < 1.29 is 9.59 Å². The normalized spacial score (nSPS) is 11.9. The number of carbonyl (C=O) groups excluding carboxylic acids is 2. The van der Waals surface area contributed by atoms with Crippen LogP contribution in [-0.2, 0) is 11.3 Å². The van der Waals surface area contributed by atoms with Crippen LogP contribution in [0.25, 0.3) is 0 Å². The topological polar surface area (TPSA) is 101 Å².